The molecular formula is C16H34N2. The van der Waals surface area contributed by atoms with Crippen molar-refractivity contribution in [3.05, 3.63) is 0 Å². The van der Waals surface area contributed by atoms with Gasteiger partial charge in [0.15, 0.2) is 0 Å². The second-order valence-electron chi connectivity index (χ2n) is 6.03. The molecule has 0 aromatic carbocycles. The minimum absolute atomic E-state index is 0.708. The van der Waals surface area contributed by atoms with Crippen LogP contribution in [0.15, 0.2) is 0 Å². The maximum atomic E-state index is 3.74. The Balaban J connectivity index is 2.63. The van der Waals surface area contributed by atoms with Crippen LogP contribution in [0.5, 0.6) is 0 Å². The van der Waals surface area contributed by atoms with E-state index >= 15 is 0 Å². The van der Waals surface area contributed by atoms with Gasteiger partial charge in [0.05, 0.1) is 0 Å². The summed E-state index contributed by atoms with van der Waals surface area (Å²) in [7, 11) is 2.34. The summed E-state index contributed by atoms with van der Waals surface area (Å²) in [6, 6.07) is 2.17. The molecule has 1 rings (SSSR count). The Bertz CT molecular complexity index is 205. The zero-order valence-electron chi connectivity index (χ0n) is 13.0. The van der Waals surface area contributed by atoms with Crippen molar-refractivity contribution in [2.75, 3.05) is 13.6 Å². The molecule has 0 bridgehead atoms. The van der Waals surface area contributed by atoms with E-state index in [0.717, 1.165) is 18.6 Å². The van der Waals surface area contributed by atoms with Gasteiger partial charge in [-0.15, -0.1) is 0 Å². The zero-order chi connectivity index (χ0) is 13.4. The summed E-state index contributed by atoms with van der Waals surface area (Å²) in [6.07, 6.45) is 11.0. The molecule has 1 aliphatic rings. The lowest BCUT2D eigenvalue weighted by Crippen LogP contribution is -2.51. The Morgan fingerprint density at radius 1 is 1.11 bits per heavy atom. The molecule has 3 atom stereocenters. The SMILES string of the molecule is CCCC(C)N(C)C1CCCCCCC1NCC. The van der Waals surface area contributed by atoms with Crippen molar-refractivity contribution in [3.63, 3.8) is 0 Å². The molecule has 1 N–H and O–H groups in total. The van der Waals surface area contributed by atoms with E-state index in [1.165, 1.54) is 51.4 Å². The largest absolute Gasteiger partial charge is 0.313 e. The molecule has 0 heterocycles. The zero-order valence-corrected chi connectivity index (χ0v) is 13.0. The first-order chi connectivity index (χ1) is 8.70. The highest BCUT2D eigenvalue weighted by Crippen LogP contribution is 2.23. The van der Waals surface area contributed by atoms with Crippen LogP contribution in [-0.2, 0) is 0 Å². The van der Waals surface area contributed by atoms with Crippen molar-refractivity contribution >= 4 is 0 Å². The molecule has 3 unspecified atom stereocenters. The Labute approximate surface area is 115 Å². The Morgan fingerprint density at radius 2 is 1.78 bits per heavy atom. The summed E-state index contributed by atoms with van der Waals surface area (Å²) in [4.78, 5) is 2.65. The molecule has 1 aliphatic carbocycles. The van der Waals surface area contributed by atoms with E-state index in [-0.39, 0.29) is 0 Å². The quantitative estimate of drug-likeness (QED) is 0.775. The minimum Gasteiger partial charge on any atom is -0.313 e. The van der Waals surface area contributed by atoms with Gasteiger partial charge in [0.1, 0.15) is 0 Å². The normalized spacial score (nSPS) is 27.8. The second kappa shape index (κ2) is 8.92. The number of nitrogens with one attached hydrogen (secondary N) is 1. The predicted octanol–water partition coefficient (Wildman–Crippen LogP) is 3.81. The van der Waals surface area contributed by atoms with Crippen LogP contribution in [0.2, 0.25) is 0 Å². The van der Waals surface area contributed by atoms with Crippen molar-refractivity contribution in [1.82, 2.24) is 10.2 Å². The average Bonchev–Trinajstić information content (AvgIpc) is 2.32. The third-order valence-corrected chi connectivity index (χ3v) is 4.62. The number of hydrogen-bond acceptors (Lipinski definition) is 2. The summed E-state index contributed by atoms with van der Waals surface area (Å²) in [5.74, 6) is 0. The first-order valence-electron chi connectivity index (χ1n) is 8.16. The highest BCUT2D eigenvalue weighted by Gasteiger charge is 2.27. The molecule has 0 aromatic heterocycles. The van der Waals surface area contributed by atoms with E-state index in [2.05, 4.69) is 38.0 Å². The van der Waals surface area contributed by atoms with Crippen LogP contribution in [0.3, 0.4) is 0 Å². The van der Waals surface area contributed by atoms with Crippen molar-refractivity contribution in [2.45, 2.75) is 90.3 Å². The smallest absolute Gasteiger partial charge is 0.0249 e. The fourth-order valence-corrected chi connectivity index (χ4v) is 3.40. The van der Waals surface area contributed by atoms with Crippen molar-refractivity contribution < 1.29 is 0 Å². The minimum atomic E-state index is 0.708. The van der Waals surface area contributed by atoms with Gasteiger partial charge in [0, 0.05) is 18.1 Å². The van der Waals surface area contributed by atoms with E-state index < -0.39 is 0 Å². The van der Waals surface area contributed by atoms with Gasteiger partial charge < -0.3 is 5.32 Å². The lowest BCUT2D eigenvalue weighted by Gasteiger charge is -2.40. The molecule has 1 fully saturated rings. The standard InChI is InChI=1S/C16H34N2/c1-5-11-14(3)18(4)16-13-10-8-7-9-12-15(16)17-6-2/h14-17H,5-13H2,1-4H3. The Kier molecular flexibility index (Phi) is 7.92. The van der Waals surface area contributed by atoms with Gasteiger partial charge in [0.25, 0.3) is 0 Å². The topological polar surface area (TPSA) is 15.3 Å². The molecule has 0 aliphatic heterocycles. The van der Waals surface area contributed by atoms with Crippen molar-refractivity contribution in [2.24, 2.45) is 0 Å². The number of rotatable bonds is 6. The summed E-state index contributed by atoms with van der Waals surface area (Å²) in [5.41, 5.74) is 0. The van der Waals surface area contributed by atoms with Crippen LogP contribution in [0.4, 0.5) is 0 Å². The summed E-state index contributed by atoms with van der Waals surface area (Å²) in [5, 5.41) is 3.74. The van der Waals surface area contributed by atoms with Gasteiger partial charge in [0.2, 0.25) is 0 Å². The summed E-state index contributed by atoms with van der Waals surface area (Å²) >= 11 is 0. The van der Waals surface area contributed by atoms with E-state index in [0.29, 0.717) is 6.04 Å². The molecule has 0 spiro atoms. The molecular weight excluding hydrogens is 220 g/mol. The van der Waals surface area contributed by atoms with Crippen LogP contribution >= 0.6 is 0 Å². The molecule has 0 saturated heterocycles. The molecule has 0 amide bonds. The molecule has 2 heteroatoms. The van der Waals surface area contributed by atoms with Gasteiger partial charge >= 0.3 is 0 Å². The van der Waals surface area contributed by atoms with E-state index in [4.69, 9.17) is 0 Å². The maximum absolute atomic E-state index is 3.74. The number of nitrogens with zero attached hydrogens (tertiary/aromatic N) is 1. The van der Waals surface area contributed by atoms with Crippen LogP contribution in [0.25, 0.3) is 0 Å². The molecule has 0 aromatic rings. The van der Waals surface area contributed by atoms with E-state index in [1.807, 2.05) is 0 Å². The first kappa shape index (κ1) is 16.0. The maximum Gasteiger partial charge on any atom is 0.0249 e. The summed E-state index contributed by atoms with van der Waals surface area (Å²) < 4.78 is 0. The molecule has 0 radical (unpaired) electrons. The fraction of sp³-hybridized carbons (Fsp3) is 1.00. The molecule has 1 saturated carbocycles. The predicted molar refractivity (Wildman–Crippen MR) is 81.1 cm³/mol. The van der Waals surface area contributed by atoms with Gasteiger partial charge in [-0.3, -0.25) is 4.90 Å². The number of hydrogen-bond donors (Lipinski definition) is 1. The van der Waals surface area contributed by atoms with Gasteiger partial charge in [-0.2, -0.15) is 0 Å². The van der Waals surface area contributed by atoms with Gasteiger partial charge in [-0.1, -0.05) is 46.0 Å². The highest BCUT2D eigenvalue weighted by atomic mass is 15.2. The third-order valence-electron chi connectivity index (χ3n) is 4.62. The van der Waals surface area contributed by atoms with Crippen LogP contribution in [0.1, 0.15) is 72.1 Å². The fourth-order valence-electron chi connectivity index (χ4n) is 3.40. The van der Waals surface area contributed by atoms with Crippen molar-refractivity contribution in [3.8, 4) is 0 Å². The lowest BCUT2D eigenvalue weighted by molar-refractivity contribution is 0.120. The number of likely N-dealkylation sites (N-methyl/N-ethyl adjacent to an activating group) is 2. The lowest BCUT2D eigenvalue weighted by atomic mass is 9.90. The van der Waals surface area contributed by atoms with E-state index in [9.17, 15) is 0 Å². The summed E-state index contributed by atoms with van der Waals surface area (Å²) in [6.45, 7) is 8.04. The van der Waals surface area contributed by atoms with Crippen LogP contribution < -0.4 is 5.32 Å². The Morgan fingerprint density at radius 3 is 2.39 bits per heavy atom. The van der Waals surface area contributed by atoms with Crippen LogP contribution in [0, 0.1) is 0 Å². The van der Waals surface area contributed by atoms with Crippen molar-refractivity contribution in [1.29, 1.82) is 0 Å². The highest BCUT2D eigenvalue weighted by molar-refractivity contribution is 4.86. The second-order valence-corrected chi connectivity index (χ2v) is 6.03. The molecule has 108 valence electrons. The first-order valence-corrected chi connectivity index (χ1v) is 8.16. The van der Waals surface area contributed by atoms with Gasteiger partial charge in [-0.05, 0) is 39.8 Å². The van der Waals surface area contributed by atoms with Crippen LogP contribution in [-0.4, -0.2) is 36.6 Å². The third kappa shape index (κ3) is 4.89. The monoisotopic (exact) mass is 254 g/mol. The van der Waals surface area contributed by atoms with E-state index in [1.54, 1.807) is 0 Å². The molecule has 2 nitrogen and oxygen atoms in total. The molecule has 18 heavy (non-hydrogen) atoms. The van der Waals surface area contributed by atoms with Gasteiger partial charge in [-0.25, -0.2) is 0 Å². The Hall–Kier alpha value is -0.0800. The average molecular weight is 254 g/mol.